The van der Waals surface area contributed by atoms with Crippen LogP contribution in [0.5, 0.6) is 5.75 Å². The van der Waals surface area contributed by atoms with Crippen molar-refractivity contribution in [2.45, 2.75) is 0 Å². The van der Waals surface area contributed by atoms with Gasteiger partial charge in [-0.05, 0) is 28.8 Å². The molecule has 70 valence electrons. The summed E-state index contributed by atoms with van der Waals surface area (Å²) in [5, 5.41) is 0. The molecule has 0 spiro atoms. The van der Waals surface area contributed by atoms with Crippen molar-refractivity contribution >= 4 is 16.0 Å². The van der Waals surface area contributed by atoms with Crippen molar-refractivity contribution in [1.29, 1.82) is 0 Å². The molecule has 0 saturated heterocycles. The van der Waals surface area contributed by atoms with Crippen LogP contribution in [0.4, 0.5) is 0 Å². The molecule has 1 unspecified atom stereocenters. The van der Waals surface area contributed by atoms with Gasteiger partial charge in [0.25, 0.3) is 0 Å². The molecule has 0 N–H and O–H groups in total. The zero-order valence-corrected chi connectivity index (χ0v) is 7.97. The molecule has 0 aliphatic rings. The quantitative estimate of drug-likeness (QED) is 0.691. The van der Waals surface area contributed by atoms with Gasteiger partial charge in [0.2, 0.25) is 0 Å². The summed E-state index contributed by atoms with van der Waals surface area (Å²) < 4.78 is 26.0. The van der Waals surface area contributed by atoms with Gasteiger partial charge in [0.05, 0.1) is 7.11 Å². The lowest BCUT2D eigenvalue weighted by Crippen LogP contribution is -1.91. The molecule has 0 radical (unpaired) electrons. The van der Waals surface area contributed by atoms with E-state index in [1.807, 2.05) is 0 Å². The van der Waals surface area contributed by atoms with Crippen LogP contribution in [0.3, 0.4) is 0 Å². The van der Waals surface area contributed by atoms with Crippen molar-refractivity contribution in [3.8, 4) is 5.75 Å². The minimum absolute atomic E-state index is 0.0858. The van der Waals surface area contributed by atoms with E-state index in [4.69, 9.17) is 4.74 Å². The Hall–Kier alpha value is -1.13. The molecular formula is C9H9O3S-. The summed E-state index contributed by atoms with van der Waals surface area (Å²) in [7, 11) is 1.55. The standard InChI is InChI=1S/C9H10O3S/c1-7(13(10)11)8-3-5-9(12-2)6-4-8/h3-6H,1H2,2H3,(H,10,11)/p-1. The zero-order chi connectivity index (χ0) is 9.84. The maximum atomic E-state index is 10.5. The van der Waals surface area contributed by atoms with Crippen LogP contribution in [-0.4, -0.2) is 15.9 Å². The summed E-state index contributed by atoms with van der Waals surface area (Å²) >= 11 is -2.26. The largest absolute Gasteiger partial charge is 0.768 e. The van der Waals surface area contributed by atoms with Crippen molar-refractivity contribution < 1.29 is 13.5 Å². The molecule has 0 bridgehead atoms. The molecular weight excluding hydrogens is 188 g/mol. The van der Waals surface area contributed by atoms with Gasteiger partial charge in [0, 0.05) is 4.91 Å². The SMILES string of the molecule is C=C(c1ccc(OC)cc1)S(=O)[O-]. The zero-order valence-electron chi connectivity index (χ0n) is 7.15. The second-order valence-corrected chi connectivity index (χ2v) is 3.35. The normalized spacial score (nSPS) is 12.2. The summed E-state index contributed by atoms with van der Waals surface area (Å²) in [4.78, 5) is 0.0858. The fraction of sp³-hybridized carbons (Fsp3) is 0.111. The molecule has 3 nitrogen and oxygen atoms in total. The molecule has 0 fully saturated rings. The van der Waals surface area contributed by atoms with Gasteiger partial charge in [-0.25, -0.2) is 0 Å². The monoisotopic (exact) mass is 197 g/mol. The Balaban J connectivity index is 2.92. The maximum absolute atomic E-state index is 10.5. The third kappa shape index (κ3) is 2.40. The van der Waals surface area contributed by atoms with Crippen LogP contribution in [0.1, 0.15) is 5.56 Å². The minimum Gasteiger partial charge on any atom is -0.768 e. The van der Waals surface area contributed by atoms with Crippen LogP contribution in [0.2, 0.25) is 0 Å². The Morgan fingerprint density at radius 2 is 2.00 bits per heavy atom. The molecule has 0 heterocycles. The van der Waals surface area contributed by atoms with Gasteiger partial charge in [-0.3, -0.25) is 4.21 Å². The van der Waals surface area contributed by atoms with Crippen LogP contribution in [-0.2, 0) is 11.1 Å². The number of methoxy groups -OCH3 is 1. The van der Waals surface area contributed by atoms with Crippen molar-refractivity contribution in [2.75, 3.05) is 7.11 Å². The highest BCUT2D eigenvalue weighted by molar-refractivity contribution is 7.89. The molecule has 0 aliphatic carbocycles. The molecule has 0 amide bonds. The van der Waals surface area contributed by atoms with Gasteiger partial charge >= 0.3 is 0 Å². The van der Waals surface area contributed by atoms with E-state index >= 15 is 0 Å². The molecule has 1 aromatic carbocycles. The molecule has 1 rings (SSSR count). The second-order valence-electron chi connectivity index (χ2n) is 2.39. The molecule has 4 heteroatoms. The van der Waals surface area contributed by atoms with Crippen LogP contribution in [0.15, 0.2) is 30.8 Å². The van der Waals surface area contributed by atoms with E-state index in [-0.39, 0.29) is 4.91 Å². The number of benzene rings is 1. The average molecular weight is 197 g/mol. The van der Waals surface area contributed by atoms with Gasteiger partial charge in [0.1, 0.15) is 5.75 Å². The lowest BCUT2D eigenvalue weighted by Gasteiger charge is -2.08. The fourth-order valence-corrected chi connectivity index (χ4v) is 1.20. The highest BCUT2D eigenvalue weighted by Gasteiger charge is 1.98. The highest BCUT2D eigenvalue weighted by atomic mass is 32.2. The van der Waals surface area contributed by atoms with Gasteiger partial charge in [-0.15, -0.1) is 0 Å². The van der Waals surface area contributed by atoms with Gasteiger partial charge in [-0.1, -0.05) is 18.7 Å². The first-order valence-electron chi connectivity index (χ1n) is 3.57. The molecule has 1 aromatic rings. The van der Waals surface area contributed by atoms with E-state index in [2.05, 4.69) is 6.58 Å². The Morgan fingerprint density at radius 1 is 1.46 bits per heavy atom. The van der Waals surface area contributed by atoms with E-state index in [1.54, 1.807) is 31.4 Å². The summed E-state index contributed by atoms with van der Waals surface area (Å²) in [6, 6.07) is 6.68. The third-order valence-electron chi connectivity index (χ3n) is 1.61. The van der Waals surface area contributed by atoms with Crippen molar-refractivity contribution in [1.82, 2.24) is 0 Å². The summed E-state index contributed by atoms with van der Waals surface area (Å²) in [6.07, 6.45) is 0. The van der Waals surface area contributed by atoms with Gasteiger partial charge in [-0.2, -0.15) is 0 Å². The first kappa shape index (κ1) is 9.95. The van der Waals surface area contributed by atoms with Crippen LogP contribution >= 0.6 is 0 Å². The Kier molecular flexibility index (Phi) is 3.22. The van der Waals surface area contributed by atoms with E-state index in [1.165, 1.54) is 0 Å². The first-order chi connectivity index (χ1) is 6.15. The summed E-state index contributed by atoms with van der Waals surface area (Å²) in [5.74, 6) is 0.688. The predicted molar refractivity (Wildman–Crippen MR) is 50.9 cm³/mol. The highest BCUT2D eigenvalue weighted by Crippen LogP contribution is 2.18. The average Bonchev–Trinajstić information content (AvgIpc) is 2.17. The van der Waals surface area contributed by atoms with Crippen LogP contribution < -0.4 is 4.74 Å². The van der Waals surface area contributed by atoms with E-state index < -0.39 is 11.1 Å². The van der Waals surface area contributed by atoms with Gasteiger partial charge < -0.3 is 9.29 Å². The first-order valence-corrected chi connectivity index (χ1v) is 4.65. The van der Waals surface area contributed by atoms with Gasteiger partial charge in [0.15, 0.2) is 0 Å². The van der Waals surface area contributed by atoms with Crippen LogP contribution in [0, 0.1) is 0 Å². The molecule has 0 aliphatic heterocycles. The van der Waals surface area contributed by atoms with Crippen molar-refractivity contribution in [3.63, 3.8) is 0 Å². The Bertz CT molecular complexity index is 329. The molecule has 13 heavy (non-hydrogen) atoms. The number of hydrogen-bond acceptors (Lipinski definition) is 3. The molecule has 1 atom stereocenters. The Morgan fingerprint density at radius 3 is 2.38 bits per heavy atom. The lowest BCUT2D eigenvalue weighted by atomic mass is 10.2. The fourth-order valence-electron chi connectivity index (χ4n) is 0.873. The molecule has 0 saturated carbocycles. The number of ether oxygens (including phenoxy) is 1. The lowest BCUT2D eigenvalue weighted by molar-refractivity contribution is 0.415. The Labute approximate surface area is 79.3 Å². The number of hydrogen-bond donors (Lipinski definition) is 0. The third-order valence-corrected chi connectivity index (χ3v) is 2.25. The maximum Gasteiger partial charge on any atom is 0.118 e. The summed E-state index contributed by atoms with van der Waals surface area (Å²) in [6.45, 7) is 3.43. The topological polar surface area (TPSA) is 49.4 Å². The minimum atomic E-state index is -2.26. The van der Waals surface area contributed by atoms with E-state index in [0.717, 1.165) is 0 Å². The van der Waals surface area contributed by atoms with E-state index in [0.29, 0.717) is 11.3 Å². The number of rotatable bonds is 3. The van der Waals surface area contributed by atoms with Crippen molar-refractivity contribution in [2.24, 2.45) is 0 Å². The smallest absolute Gasteiger partial charge is 0.118 e. The molecule has 0 aromatic heterocycles. The summed E-state index contributed by atoms with van der Waals surface area (Å²) in [5.41, 5.74) is 0.578. The predicted octanol–water partition coefficient (Wildman–Crippen LogP) is 1.55. The van der Waals surface area contributed by atoms with Crippen molar-refractivity contribution in [3.05, 3.63) is 36.4 Å². The van der Waals surface area contributed by atoms with Crippen LogP contribution in [0.25, 0.3) is 4.91 Å². The second kappa shape index (κ2) is 4.20. The van der Waals surface area contributed by atoms with E-state index in [9.17, 15) is 8.76 Å².